The van der Waals surface area contributed by atoms with E-state index in [2.05, 4.69) is 59.2 Å². The average Bonchev–Trinajstić information content (AvgIpc) is 2.74. The van der Waals surface area contributed by atoms with E-state index in [1.165, 1.54) is 11.1 Å². The van der Waals surface area contributed by atoms with Crippen molar-refractivity contribution in [2.24, 2.45) is 0 Å². The summed E-state index contributed by atoms with van der Waals surface area (Å²) >= 11 is 0. The van der Waals surface area contributed by atoms with E-state index in [0.717, 1.165) is 25.3 Å². The van der Waals surface area contributed by atoms with Crippen LogP contribution in [0.4, 0.5) is 0 Å². The fourth-order valence-corrected chi connectivity index (χ4v) is 1.86. The van der Waals surface area contributed by atoms with E-state index in [4.69, 9.17) is 0 Å². The van der Waals surface area contributed by atoms with E-state index in [0.29, 0.717) is 0 Å². The van der Waals surface area contributed by atoms with E-state index >= 15 is 0 Å². The standard InChI is InChI=1S/C14H19N3/c1-3-15-8-14-10-17(11-16-14)9-13-6-4-5-12(2)7-13/h4-7,10-11,15H,3,8-9H2,1-2H3. The van der Waals surface area contributed by atoms with E-state index < -0.39 is 0 Å². The number of aryl methyl sites for hydroxylation is 1. The van der Waals surface area contributed by atoms with Crippen molar-refractivity contribution in [1.29, 1.82) is 0 Å². The first-order valence-electron chi connectivity index (χ1n) is 6.05. The molecule has 0 radical (unpaired) electrons. The monoisotopic (exact) mass is 229 g/mol. The molecule has 2 aromatic rings. The van der Waals surface area contributed by atoms with Crippen LogP contribution in [0.5, 0.6) is 0 Å². The summed E-state index contributed by atoms with van der Waals surface area (Å²) in [7, 11) is 0. The summed E-state index contributed by atoms with van der Waals surface area (Å²) in [5, 5.41) is 3.28. The minimum absolute atomic E-state index is 0.845. The highest BCUT2D eigenvalue weighted by Gasteiger charge is 1.99. The molecule has 0 saturated carbocycles. The molecule has 1 N–H and O–H groups in total. The minimum Gasteiger partial charge on any atom is -0.333 e. The van der Waals surface area contributed by atoms with Gasteiger partial charge in [-0.2, -0.15) is 0 Å². The molecular formula is C14H19N3. The zero-order valence-electron chi connectivity index (χ0n) is 10.5. The molecule has 1 heterocycles. The third kappa shape index (κ3) is 3.43. The van der Waals surface area contributed by atoms with Crippen molar-refractivity contribution < 1.29 is 0 Å². The second-order valence-electron chi connectivity index (χ2n) is 4.31. The first kappa shape index (κ1) is 11.9. The molecular weight excluding hydrogens is 210 g/mol. The maximum Gasteiger partial charge on any atom is 0.0953 e. The number of nitrogens with one attached hydrogen (secondary N) is 1. The number of rotatable bonds is 5. The first-order chi connectivity index (χ1) is 8.28. The minimum atomic E-state index is 0.845. The topological polar surface area (TPSA) is 29.9 Å². The van der Waals surface area contributed by atoms with E-state index in [1.807, 2.05) is 6.33 Å². The maximum absolute atomic E-state index is 4.37. The molecule has 0 spiro atoms. The van der Waals surface area contributed by atoms with E-state index in [1.54, 1.807) is 0 Å². The van der Waals surface area contributed by atoms with Gasteiger partial charge < -0.3 is 9.88 Å². The lowest BCUT2D eigenvalue weighted by molar-refractivity contribution is 0.712. The van der Waals surface area contributed by atoms with Crippen LogP contribution in [0.1, 0.15) is 23.7 Å². The van der Waals surface area contributed by atoms with Gasteiger partial charge in [-0.15, -0.1) is 0 Å². The molecule has 0 bridgehead atoms. The van der Waals surface area contributed by atoms with Crippen molar-refractivity contribution in [3.8, 4) is 0 Å². The fourth-order valence-electron chi connectivity index (χ4n) is 1.86. The zero-order valence-corrected chi connectivity index (χ0v) is 10.5. The highest BCUT2D eigenvalue weighted by Crippen LogP contribution is 2.07. The lowest BCUT2D eigenvalue weighted by Gasteiger charge is -2.03. The summed E-state index contributed by atoms with van der Waals surface area (Å²) in [6.07, 6.45) is 4.00. The molecule has 0 fully saturated rings. The number of aromatic nitrogens is 2. The lowest BCUT2D eigenvalue weighted by atomic mass is 10.1. The Hall–Kier alpha value is -1.61. The normalized spacial score (nSPS) is 10.7. The molecule has 2 rings (SSSR count). The average molecular weight is 229 g/mol. The number of imidazole rings is 1. The van der Waals surface area contributed by atoms with Crippen molar-refractivity contribution in [1.82, 2.24) is 14.9 Å². The number of hydrogen-bond acceptors (Lipinski definition) is 2. The number of nitrogens with zero attached hydrogens (tertiary/aromatic N) is 2. The summed E-state index contributed by atoms with van der Waals surface area (Å²) in [6.45, 7) is 6.93. The fraction of sp³-hybridized carbons (Fsp3) is 0.357. The molecule has 0 saturated heterocycles. The van der Waals surface area contributed by atoms with Gasteiger partial charge in [-0.25, -0.2) is 4.98 Å². The summed E-state index contributed by atoms with van der Waals surface area (Å²) in [6, 6.07) is 8.58. The lowest BCUT2D eigenvalue weighted by Crippen LogP contribution is -2.11. The molecule has 0 aliphatic heterocycles. The number of hydrogen-bond donors (Lipinski definition) is 1. The Bertz CT molecular complexity index is 474. The van der Waals surface area contributed by atoms with Crippen LogP contribution in [0.25, 0.3) is 0 Å². The van der Waals surface area contributed by atoms with Crippen LogP contribution in [-0.4, -0.2) is 16.1 Å². The molecule has 0 amide bonds. The van der Waals surface area contributed by atoms with E-state index in [-0.39, 0.29) is 0 Å². The van der Waals surface area contributed by atoms with E-state index in [9.17, 15) is 0 Å². The van der Waals surface area contributed by atoms with Gasteiger partial charge in [0.25, 0.3) is 0 Å². The van der Waals surface area contributed by atoms with Gasteiger partial charge in [-0.1, -0.05) is 36.8 Å². The molecule has 0 atom stereocenters. The third-order valence-corrected chi connectivity index (χ3v) is 2.69. The second kappa shape index (κ2) is 5.64. The molecule has 0 unspecified atom stereocenters. The quantitative estimate of drug-likeness (QED) is 0.853. The zero-order chi connectivity index (χ0) is 12.1. The van der Waals surface area contributed by atoms with Crippen molar-refractivity contribution >= 4 is 0 Å². The summed E-state index contributed by atoms with van der Waals surface area (Å²) in [5.74, 6) is 0. The van der Waals surface area contributed by atoms with Crippen molar-refractivity contribution in [3.63, 3.8) is 0 Å². The molecule has 17 heavy (non-hydrogen) atoms. The molecule has 1 aromatic carbocycles. The van der Waals surface area contributed by atoms with Gasteiger partial charge in [0.1, 0.15) is 0 Å². The largest absolute Gasteiger partial charge is 0.333 e. The SMILES string of the molecule is CCNCc1cn(Cc2cccc(C)c2)cn1. The Morgan fingerprint density at radius 3 is 3.00 bits per heavy atom. The highest BCUT2D eigenvalue weighted by molar-refractivity contribution is 5.22. The molecule has 90 valence electrons. The van der Waals surface area contributed by atoms with Crippen molar-refractivity contribution in [3.05, 3.63) is 53.6 Å². The van der Waals surface area contributed by atoms with Gasteiger partial charge in [0.15, 0.2) is 0 Å². The van der Waals surface area contributed by atoms with Crippen LogP contribution >= 0.6 is 0 Å². The van der Waals surface area contributed by atoms with Crippen LogP contribution in [0, 0.1) is 6.92 Å². The molecule has 0 aliphatic carbocycles. The van der Waals surface area contributed by atoms with Gasteiger partial charge in [0.05, 0.1) is 12.0 Å². The molecule has 3 heteroatoms. The summed E-state index contributed by atoms with van der Waals surface area (Å²) in [4.78, 5) is 4.37. The van der Waals surface area contributed by atoms with Gasteiger partial charge in [0.2, 0.25) is 0 Å². The van der Waals surface area contributed by atoms with Gasteiger partial charge in [-0.05, 0) is 19.0 Å². The van der Waals surface area contributed by atoms with Crippen LogP contribution in [0.3, 0.4) is 0 Å². The smallest absolute Gasteiger partial charge is 0.0953 e. The van der Waals surface area contributed by atoms with Crippen LogP contribution in [0.2, 0.25) is 0 Å². The Labute approximate surface area is 103 Å². The Balaban J connectivity index is 2.01. The Morgan fingerprint density at radius 2 is 2.24 bits per heavy atom. The second-order valence-corrected chi connectivity index (χ2v) is 4.31. The predicted molar refractivity (Wildman–Crippen MR) is 69.9 cm³/mol. The van der Waals surface area contributed by atoms with Crippen molar-refractivity contribution in [2.45, 2.75) is 26.9 Å². The van der Waals surface area contributed by atoms with Gasteiger partial charge in [-0.3, -0.25) is 0 Å². The van der Waals surface area contributed by atoms with Crippen molar-refractivity contribution in [2.75, 3.05) is 6.54 Å². The van der Waals surface area contributed by atoms with Crippen LogP contribution in [-0.2, 0) is 13.1 Å². The molecule has 0 aliphatic rings. The Kier molecular flexibility index (Phi) is 3.94. The highest BCUT2D eigenvalue weighted by atomic mass is 15.0. The summed E-state index contributed by atoms with van der Waals surface area (Å²) in [5.41, 5.74) is 3.72. The molecule has 3 nitrogen and oxygen atoms in total. The third-order valence-electron chi connectivity index (χ3n) is 2.69. The van der Waals surface area contributed by atoms with Crippen LogP contribution in [0.15, 0.2) is 36.8 Å². The van der Waals surface area contributed by atoms with Crippen LogP contribution < -0.4 is 5.32 Å². The summed E-state index contributed by atoms with van der Waals surface area (Å²) < 4.78 is 2.13. The maximum atomic E-state index is 4.37. The number of benzene rings is 1. The van der Waals surface area contributed by atoms with Gasteiger partial charge >= 0.3 is 0 Å². The first-order valence-corrected chi connectivity index (χ1v) is 6.05. The molecule has 1 aromatic heterocycles. The predicted octanol–water partition coefficient (Wildman–Crippen LogP) is 2.35. The Morgan fingerprint density at radius 1 is 1.35 bits per heavy atom. The van der Waals surface area contributed by atoms with Gasteiger partial charge in [0, 0.05) is 19.3 Å².